The molecule has 1 aromatic rings. The fourth-order valence-electron chi connectivity index (χ4n) is 2.03. The van der Waals surface area contributed by atoms with E-state index in [2.05, 4.69) is 29.6 Å². The van der Waals surface area contributed by atoms with Crippen LogP contribution in [0.5, 0.6) is 0 Å². The quantitative estimate of drug-likeness (QED) is 0.756. The van der Waals surface area contributed by atoms with Crippen LogP contribution >= 0.6 is 0 Å². The van der Waals surface area contributed by atoms with Crippen molar-refractivity contribution in [3.8, 4) is 0 Å². The highest BCUT2D eigenvalue weighted by atomic mass is 16.5. The highest BCUT2D eigenvalue weighted by molar-refractivity contribution is 5.26. The molecular formula is C14H22N2O. The maximum absolute atomic E-state index is 5.84. The zero-order chi connectivity index (χ0) is 12.1. The van der Waals surface area contributed by atoms with E-state index in [0.717, 1.165) is 12.5 Å². The number of rotatable bonds is 7. The first-order chi connectivity index (χ1) is 8.33. The van der Waals surface area contributed by atoms with Crippen molar-refractivity contribution >= 4 is 0 Å². The Hall–Kier alpha value is -0.900. The first-order valence-electron chi connectivity index (χ1n) is 6.34. The van der Waals surface area contributed by atoms with Gasteiger partial charge < -0.3 is 15.8 Å². The summed E-state index contributed by atoms with van der Waals surface area (Å²) in [5, 5.41) is 3.55. The van der Waals surface area contributed by atoms with Crippen LogP contribution < -0.4 is 11.1 Å². The van der Waals surface area contributed by atoms with Gasteiger partial charge in [0, 0.05) is 19.7 Å². The van der Waals surface area contributed by atoms with Gasteiger partial charge in [0.25, 0.3) is 0 Å². The molecule has 1 fully saturated rings. The zero-order valence-corrected chi connectivity index (χ0v) is 10.5. The predicted molar refractivity (Wildman–Crippen MR) is 69.7 cm³/mol. The van der Waals surface area contributed by atoms with E-state index in [-0.39, 0.29) is 6.04 Å². The van der Waals surface area contributed by atoms with E-state index in [1.807, 2.05) is 0 Å². The number of hydrogen-bond donors (Lipinski definition) is 2. The van der Waals surface area contributed by atoms with Crippen LogP contribution in [0.2, 0.25) is 0 Å². The van der Waals surface area contributed by atoms with E-state index in [1.165, 1.54) is 24.0 Å². The lowest BCUT2D eigenvalue weighted by molar-refractivity contribution is 0.185. The van der Waals surface area contributed by atoms with Crippen molar-refractivity contribution in [3.63, 3.8) is 0 Å². The molecule has 1 aliphatic rings. The molecule has 0 bridgehead atoms. The standard InChI is InChI=1S/C14H22N2O/c1-17-10-12-3-2-4-13(7-12)14(8-15)16-9-11-5-6-11/h2-4,7,11,14,16H,5-6,8-10,15H2,1H3. The van der Waals surface area contributed by atoms with Crippen molar-refractivity contribution in [2.45, 2.75) is 25.5 Å². The molecule has 0 saturated heterocycles. The van der Waals surface area contributed by atoms with E-state index < -0.39 is 0 Å². The van der Waals surface area contributed by atoms with Crippen LogP contribution in [0.4, 0.5) is 0 Å². The normalized spacial score (nSPS) is 17.1. The molecule has 17 heavy (non-hydrogen) atoms. The monoisotopic (exact) mass is 234 g/mol. The third-order valence-electron chi connectivity index (χ3n) is 3.25. The molecule has 94 valence electrons. The summed E-state index contributed by atoms with van der Waals surface area (Å²) < 4.78 is 5.15. The second-order valence-corrected chi connectivity index (χ2v) is 4.82. The van der Waals surface area contributed by atoms with Gasteiger partial charge >= 0.3 is 0 Å². The van der Waals surface area contributed by atoms with Crippen molar-refractivity contribution in [2.24, 2.45) is 11.7 Å². The molecule has 2 rings (SSSR count). The molecule has 3 nitrogen and oxygen atoms in total. The fourth-order valence-corrected chi connectivity index (χ4v) is 2.03. The Bertz CT molecular complexity index is 350. The molecule has 0 aromatic heterocycles. The molecule has 0 amide bonds. The number of hydrogen-bond acceptors (Lipinski definition) is 3. The lowest BCUT2D eigenvalue weighted by Gasteiger charge is -2.18. The maximum atomic E-state index is 5.84. The maximum Gasteiger partial charge on any atom is 0.0713 e. The number of ether oxygens (including phenoxy) is 1. The Morgan fingerprint density at radius 3 is 2.94 bits per heavy atom. The molecule has 1 unspecified atom stereocenters. The Labute approximate surface area is 103 Å². The van der Waals surface area contributed by atoms with Gasteiger partial charge in [0.15, 0.2) is 0 Å². The van der Waals surface area contributed by atoms with E-state index in [9.17, 15) is 0 Å². The molecule has 3 N–H and O–H groups in total. The average Bonchev–Trinajstić information content (AvgIpc) is 3.15. The van der Waals surface area contributed by atoms with Gasteiger partial charge in [-0.15, -0.1) is 0 Å². The van der Waals surface area contributed by atoms with Crippen LogP contribution in [0.25, 0.3) is 0 Å². The lowest BCUT2D eigenvalue weighted by atomic mass is 10.0. The van der Waals surface area contributed by atoms with Gasteiger partial charge in [0.2, 0.25) is 0 Å². The number of benzene rings is 1. The summed E-state index contributed by atoms with van der Waals surface area (Å²) in [6.07, 6.45) is 2.74. The summed E-state index contributed by atoms with van der Waals surface area (Å²) in [5.74, 6) is 0.881. The van der Waals surface area contributed by atoms with Crippen LogP contribution in [0.1, 0.15) is 30.0 Å². The van der Waals surface area contributed by atoms with Crippen molar-refractivity contribution in [2.75, 3.05) is 20.2 Å². The Morgan fingerprint density at radius 2 is 2.29 bits per heavy atom. The highest BCUT2D eigenvalue weighted by Crippen LogP contribution is 2.28. The number of nitrogens with two attached hydrogens (primary N) is 1. The van der Waals surface area contributed by atoms with E-state index >= 15 is 0 Å². The Kier molecular flexibility index (Phi) is 4.54. The second kappa shape index (κ2) is 6.15. The summed E-state index contributed by atoms with van der Waals surface area (Å²) in [5.41, 5.74) is 8.31. The van der Waals surface area contributed by atoms with E-state index in [1.54, 1.807) is 7.11 Å². The Balaban J connectivity index is 1.97. The first kappa shape index (κ1) is 12.6. The van der Waals surface area contributed by atoms with E-state index in [4.69, 9.17) is 10.5 Å². The van der Waals surface area contributed by atoms with Crippen LogP contribution in [-0.4, -0.2) is 20.2 Å². The number of methoxy groups -OCH3 is 1. The van der Waals surface area contributed by atoms with Crippen molar-refractivity contribution < 1.29 is 4.74 Å². The minimum Gasteiger partial charge on any atom is -0.380 e. The van der Waals surface area contributed by atoms with Gasteiger partial charge in [-0.05, 0) is 36.4 Å². The third-order valence-corrected chi connectivity index (χ3v) is 3.25. The average molecular weight is 234 g/mol. The minimum absolute atomic E-state index is 0.271. The molecular weight excluding hydrogens is 212 g/mol. The van der Waals surface area contributed by atoms with Gasteiger partial charge in [-0.25, -0.2) is 0 Å². The van der Waals surface area contributed by atoms with Crippen LogP contribution in [0.15, 0.2) is 24.3 Å². The fraction of sp³-hybridized carbons (Fsp3) is 0.571. The second-order valence-electron chi connectivity index (χ2n) is 4.82. The summed E-state index contributed by atoms with van der Waals surface area (Å²) in [6, 6.07) is 8.75. The molecule has 3 heteroatoms. The lowest BCUT2D eigenvalue weighted by Crippen LogP contribution is -2.29. The zero-order valence-electron chi connectivity index (χ0n) is 10.5. The Morgan fingerprint density at radius 1 is 1.47 bits per heavy atom. The predicted octanol–water partition coefficient (Wildman–Crippen LogP) is 1.83. The molecule has 0 spiro atoms. The van der Waals surface area contributed by atoms with Crippen molar-refractivity contribution in [1.82, 2.24) is 5.32 Å². The molecule has 0 radical (unpaired) electrons. The topological polar surface area (TPSA) is 47.3 Å². The summed E-state index contributed by atoms with van der Waals surface area (Å²) in [7, 11) is 1.72. The first-order valence-corrected chi connectivity index (χ1v) is 6.34. The molecule has 1 atom stereocenters. The summed E-state index contributed by atoms with van der Waals surface area (Å²) in [6.45, 7) is 2.40. The SMILES string of the molecule is COCc1cccc(C(CN)NCC2CC2)c1. The molecule has 1 aliphatic carbocycles. The molecule has 1 saturated carbocycles. The van der Waals surface area contributed by atoms with Gasteiger partial charge in [-0.1, -0.05) is 24.3 Å². The van der Waals surface area contributed by atoms with Crippen molar-refractivity contribution in [3.05, 3.63) is 35.4 Å². The summed E-state index contributed by atoms with van der Waals surface area (Å²) in [4.78, 5) is 0. The van der Waals surface area contributed by atoms with Gasteiger partial charge in [-0.2, -0.15) is 0 Å². The third kappa shape index (κ3) is 3.80. The van der Waals surface area contributed by atoms with Gasteiger partial charge in [-0.3, -0.25) is 0 Å². The largest absolute Gasteiger partial charge is 0.380 e. The smallest absolute Gasteiger partial charge is 0.0713 e. The molecule has 0 aliphatic heterocycles. The number of nitrogens with one attached hydrogen (secondary N) is 1. The summed E-state index contributed by atoms with van der Waals surface area (Å²) >= 11 is 0. The molecule has 0 heterocycles. The van der Waals surface area contributed by atoms with E-state index in [0.29, 0.717) is 13.2 Å². The van der Waals surface area contributed by atoms with Crippen LogP contribution in [0.3, 0.4) is 0 Å². The van der Waals surface area contributed by atoms with Crippen LogP contribution in [0, 0.1) is 5.92 Å². The van der Waals surface area contributed by atoms with Crippen molar-refractivity contribution in [1.29, 1.82) is 0 Å². The molecule has 1 aromatic carbocycles. The highest BCUT2D eigenvalue weighted by Gasteiger charge is 2.22. The van der Waals surface area contributed by atoms with Gasteiger partial charge in [0.1, 0.15) is 0 Å². The van der Waals surface area contributed by atoms with Gasteiger partial charge in [0.05, 0.1) is 6.61 Å². The minimum atomic E-state index is 0.271. The van der Waals surface area contributed by atoms with Crippen LogP contribution in [-0.2, 0) is 11.3 Å².